The van der Waals surface area contributed by atoms with Crippen molar-refractivity contribution in [3.63, 3.8) is 0 Å². The van der Waals surface area contributed by atoms with Crippen molar-refractivity contribution in [1.29, 1.82) is 0 Å². The number of carboxylic acid groups (broad SMARTS) is 1. The van der Waals surface area contributed by atoms with Crippen molar-refractivity contribution in [2.45, 2.75) is 26.4 Å². The molecule has 6 nitrogen and oxygen atoms in total. The molecule has 0 saturated carbocycles. The Balaban J connectivity index is 2.72. The summed E-state index contributed by atoms with van der Waals surface area (Å²) in [7, 11) is 0. The molecule has 1 atom stereocenters. The first-order chi connectivity index (χ1) is 8.43. The number of carbonyl (C=O) groups is 2. The Morgan fingerprint density at radius 1 is 1.44 bits per heavy atom. The van der Waals surface area contributed by atoms with E-state index in [1.807, 2.05) is 6.92 Å². The number of aromatic hydroxyl groups is 1. The zero-order valence-electron chi connectivity index (χ0n) is 10.1. The molecule has 1 aromatic rings. The molecule has 6 heteroatoms. The van der Waals surface area contributed by atoms with Crippen molar-refractivity contribution in [3.8, 4) is 5.75 Å². The lowest BCUT2D eigenvalue weighted by Crippen LogP contribution is -2.19. The van der Waals surface area contributed by atoms with Gasteiger partial charge in [0.25, 0.3) is 0 Å². The molecule has 1 unspecified atom stereocenters. The predicted octanol–water partition coefficient (Wildman–Crippen LogP) is 2.44. The molecule has 3 N–H and O–H groups in total. The van der Waals surface area contributed by atoms with Gasteiger partial charge in [-0.05, 0) is 25.5 Å². The van der Waals surface area contributed by atoms with Crippen molar-refractivity contribution in [2.75, 3.05) is 5.32 Å². The minimum atomic E-state index is -1.23. The maximum Gasteiger partial charge on any atom is 0.411 e. The minimum Gasteiger partial charge on any atom is -0.507 e. The van der Waals surface area contributed by atoms with Crippen LogP contribution >= 0.6 is 0 Å². The number of phenols is 1. The molecule has 0 heterocycles. The van der Waals surface area contributed by atoms with Gasteiger partial charge in [-0.3, -0.25) is 5.32 Å². The van der Waals surface area contributed by atoms with Crippen LogP contribution in [0.25, 0.3) is 0 Å². The Kier molecular flexibility index (Phi) is 4.53. The second-order valence-electron chi connectivity index (χ2n) is 3.79. The van der Waals surface area contributed by atoms with Crippen LogP contribution in [-0.2, 0) is 4.74 Å². The van der Waals surface area contributed by atoms with E-state index in [1.165, 1.54) is 12.1 Å². The van der Waals surface area contributed by atoms with E-state index in [-0.39, 0.29) is 17.4 Å². The number of hydrogen-bond acceptors (Lipinski definition) is 4. The fraction of sp³-hybridized carbons (Fsp3) is 0.333. The van der Waals surface area contributed by atoms with Gasteiger partial charge in [0.2, 0.25) is 0 Å². The molecule has 0 aliphatic carbocycles. The van der Waals surface area contributed by atoms with E-state index in [9.17, 15) is 14.7 Å². The summed E-state index contributed by atoms with van der Waals surface area (Å²) in [6.07, 6.45) is -0.167. The van der Waals surface area contributed by atoms with Crippen LogP contribution in [0.5, 0.6) is 5.75 Å². The van der Waals surface area contributed by atoms with E-state index in [0.717, 1.165) is 6.07 Å². The highest BCUT2D eigenvalue weighted by atomic mass is 16.6. The first-order valence-electron chi connectivity index (χ1n) is 5.48. The third-order valence-corrected chi connectivity index (χ3v) is 2.36. The Bertz CT molecular complexity index is 458. The largest absolute Gasteiger partial charge is 0.507 e. The highest BCUT2D eigenvalue weighted by Gasteiger charge is 2.12. The van der Waals surface area contributed by atoms with Gasteiger partial charge in [-0.15, -0.1) is 0 Å². The van der Waals surface area contributed by atoms with E-state index < -0.39 is 17.8 Å². The van der Waals surface area contributed by atoms with E-state index in [0.29, 0.717) is 6.42 Å². The van der Waals surface area contributed by atoms with E-state index >= 15 is 0 Å². The van der Waals surface area contributed by atoms with Crippen LogP contribution in [0.4, 0.5) is 10.5 Å². The van der Waals surface area contributed by atoms with Gasteiger partial charge in [-0.1, -0.05) is 6.92 Å². The molecular weight excluding hydrogens is 238 g/mol. The van der Waals surface area contributed by atoms with Crippen LogP contribution in [0, 0.1) is 0 Å². The van der Waals surface area contributed by atoms with Crippen LogP contribution in [0.2, 0.25) is 0 Å². The number of amides is 1. The Hall–Kier alpha value is -2.24. The predicted molar refractivity (Wildman–Crippen MR) is 64.9 cm³/mol. The summed E-state index contributed by atoms with van der Waals surface area (Å²) in [6.45, 7) is 3.63. The zero-order chi connectivity index (χ0) is 13.7. The van der Waals surface area contributed by atoms with Gasteiger partial charge in [-0.2, -0.15) is 0 Å². The number of carbonyl (C=O) groups excluding carboxylic acids is 1. The second kappa shape index (κ2) is 5.90. The zero-order valence-corrected chi connectivity index (χ0v) is 10.1. The van der Waals surface area contributed by atoms with Crippen molar-refractivity contribution < 1.29 is 24.5 Å². The highest BCUT2D eigenvalue weighted by Crippen LogP contribution is 2.22. The van der Waals surface area contributed by atoms with Crippen LogP contribution in [0.3, 0.4) is 0 Å². The first-order valence-corrected chi connectivity index (χ1v) is 5.48. The Morgan fingerprint density at radius 2 is 2.11 bits per heavy atom. The normalized spacial score (nSPS) is 11.7. The minimum absolute atomic E-state index is 0.211. The summed E-state index contributed by atoms with van der Waals surface area (Å²) in [5.74, 6) is -1.65. The molecule has 98 valence electrons. The molecule has 0 aliphatic heterocycles. The molecule has 0 spiro atoms. The van der Waals surface area contributed by atoms with Crippen molar-refractivity contribution in [3.05, 3.63) is 23.8 Å². The number of benzene rings is 1. The number of ether oxygens (including phenoxy) is 1. The van der Waals surface area contributed by atoms with Crippen LogP contribution in [-0.4, -0.2) is 28.4 Å². The van der Waals surface area contributed by atoms with E-state index in [4.69, 9.17) is 9.84 Å². The molecule has 1 amide bonds. The molecule has 1 rings (SSSR count). The average molecular weight is 253 g/mol. The Labute approximate surface area is 104 Å². The standard InChI is InChI=1S/C12H15NO5/c1-3-7(2)18-12(17)13-8-4-5-9(11(15)16)10(14)6-8/h4-7,14H,3H2,1-2H3,(H,13,17)(H,15,16). The number of anilines is 1. The second-order valence-corrected chi connectivity index (χ2v) is 3.79. The van der Waals surface area contributed by atoms with Crippen molar-refractivity contribution in [2.24, 2.45) is 0 Å². The van der Waals surface area contributed by atoms with Crippen LogP contribution in [0.15, 0.2) is 18.2 Å². The maximum atomic E-state index is 11.4. The fourth-order valence-corrected chi connectivity index (χ4v) is 1.20. The van der Waals surface area contributed by atoms with Gasteiger partial charge >= 0.3 is 12.1 Å². The third kappa shape index (κ3) is 3.65. The molecule has 0 saturated heterocycles. The molecule has 0 aromatic heterocycles. The molecule has 18 heavy (non-hydrogen) atoms. The van der Waals surface area contributed by atoms with Crippen molar-refractivity contribution >= 4 is 17.7 Å². The highest BCUT2D eigenvalue weighted by molar-refractivity contribution is 5.92. The van der Waals surface area contributed by atoms with Crippen molar-refractivity contribution in [1.82, 2.24) is 0 Å². The molecule has 0 radical (unpaired) electrons. The fourth-order valence-electron chi connectivity index (χ4n) is 1.20. The number of hydrogen-bond donors (Lipinski definition) is 3. The lowest BCUT2D eigenvalue weighted by molar-refractivity contribution is 0.0693. The van der Waals surface area contributed by atoms with Gasteiger partial charge in [-0.25, -0.2) is 9.59 Å². The van der Waals surface area contributed by atoms with E-state index in [1.54, 1.807) is 6.92 Å². The number of rotatable bonds is 4. The molecule has 1 aromatic carbocycles. The summed E-state index contributed by atoms with van der Waals surface area (Å²) in [5, 5.41) is 20.5. The number of aromatic carboxylic acids is 1. The molecule has 0 bridgehead atoms. The van der Waals surface area contributed by atoms with Gasteiger partial charge in [0.05, 0.1) is 0 Å². The average Bonchev–Trinajstić information content (AvgIpc) is 2.28. The molecular formula is C12H15NO5. The van der Waals surface area contributed by atoms with Gasteiger partial charge in [0.1, 0.15) is 17.4 Å². The van der Waals surface area contributed by atoms with Gasteiger partial charge in [0, 0.05) is 11.8 Å². The van der Waals surface area contributed by atoms with Crippen LogP contribution in [0.1, 0.15) is 30.6 Å². The Morgan fingerprint density at radius 3 is 2.61 bits per heavy atom. The molecule has 0 fully saturated rings. The number of carboxylic acids is 1. The quantitative estimate of drug-likeness (QED) is 0.765. The van der Waals surface area contributed by atoms with Gasteiger partial charge < -0.3 is 14.9 Å². The van der Waals surface area contributed by atoms with Crippen LogP contribution < -0.4 is 5.32 Å². The third-order valence-electron chi connectivity index (χ3n) is 2.36. The summed E-state index contributed by atoms with van der Waals surface area (Å²) < 4.78 is 4.97. The molecule has 0 aliphatic rings. The first kappa shape index (κ1) is 13.8. The summed E-state index contributed by atoms with van der Waals surface area (Å²) in [5.41, 5.74) is 0.0432. The maximum absolute atomic E-state index is 11.4. The SMILES string of the molecule is CCC(C)OC(=O)Nc1ccc(C(=O)O)c(O)c1. The summed E-state index contributed by atoms with van der Waals surface area (Å²) in [6, 6.07) is 3.74. The number of nitrogens with one attached hydrogen (secondary N) is 1. The monoisotopic (exact) mass is 253 g/mol. The van der Waals surface area contributed by atoms with Gasteiger partial charge in [0.15, 0.2) is 0 Å². The lowest BCUT2D eigenvalue weighted by Gasteiger charge is -2.12. The summed E-state index contributed by atoms with van der Waals surface area (Å²) >= 11 is 0. The topological polar surface area (TPSA) is 95.9 Å². The summed E-state index contributed by atoms with van der Waals surface area (Å²) in [4.78, 5) is 22.0. The van der Waals surface area contributed by atoms with E-state index in [2.05, 4.69) is 5.32 Å². The lowest BCUT2D eigenvalue weighted by atomic mass is 10.2. The smallest absolute Gasteiger partial charge is 0.411 e.